The topological polar surface area (TPSA) is 29.5 Å². The van der Waals surface area contributed by atoms with Gasteiger partial charge in [0, 0.05) is 0 Å². The van der Waals surface area contributed by atoms with Crippen LogP contribution in [0.5, 0.6) is 0 Å². The molecule has 0 amide bonds. The van der Waals surface area contributed by atoms with Gasteiger partial charge in [-0.2, -0.15) is 26.3 Å². The fourth-order valence-corrected chi connectivity index (χ4v) is 6.70. The second kappa shape index (κ2) is 16.4. The van der Waals surface area contributed by atoms with Crippen molar-refractivity contribution in [3.05, 3.63) is 94.5 Å². The molecular formula is C39H47F6NO2. The summed E-state index contributed by atoms with van der Waals surface area (Å²) in [5.74, 6) is 0.0732. The summed E-state index contributed by atoms with van der Waals surface area (Å²) >= 11 is 0. The highest BCUT2D eigenvalue weighted by molar-refractivity contribution is 5.79. The molecule has 1 aliphatic rings. The van der Waals surface area contributed by atoms with Crippen LogP contribution < -0.4 is 0 Å². The van der Waals surface area contributed by atoms with E-state index in [1.807, 2.05) is 6.07 Å². The van der Waals surface area contributed by atoms with Gasteiger partial charge in [-0.25, -0.2) is 0 Å². The summed E-state index contributed by atoms with van der Waals surface area (Å²) in [5.41, 5.74) is 2.96. The van der Waals surface area contributed by atoms with Crippen molar-refractivity contribution in [1.82, 2.24) is 4.90 Å². The molecule has 0 N–H and O–H groups in total. The van der Waals surface area contributed by atoms with Crippen LogP contribution in [0.2, 0.25) is 0 Å². The summed E-state index contributed by atoms with van der Waals surface area (Å²) in [7, 11) is 0. The first kappa shape index (κ1) is 37.5. The monoisotopic (exact) mass is 675 g/mol. The van der Waals surface area contributed by atoms with E-state index in [9.17, 15) is 31.1 Å². The van der Waals surface area contributed by atoms with E-state index in [0.717, 1.165) is 98.3 Å². The lowest BCUT2D eigenvalue weighted by molar-refractivity contribution is -0.145. The Morgan fingerprint density at radius 1 is 0.833 bits per heavy atom. The summed E-state index contributed by atoms with van der Waals surface area (Å²) < 4.78 is 83.9. The number of hydrogen-bond acceptors (Lipinski definition) is 3. The summed E-state index contributed by atoms with van der Waals surface area (Å²) in [6.07, 6.45) is -3.59. The number of esters is 1. The molecule has 2 atom stereocenters. The molecule has 0 radical (unpaired) electrons. The van der Waals surface area contributed by atoms with E-state index in [1.54, 1.807) is 19.1 Å². The number of halogens is 6. The summed E-state index contributed by atoms with van der Waals surface area (Å²) in [4.78, 5) is 15.6. The van der Waals surface area contributed by atoms with E-state index in [2.05, 4.69) is 37.8 Å². The zero-order chi connectivity index (χ0) is 35.1. The van der Waals surface area contributed by atoms with Crippen LogP contribution in [0.1, 0.15) is 99.5 Å². The minimum atomic E-state index is -4.42. The lowest BCUT2D eigenvalue weighted by Gasteiger charge is -2.33. The van der Waals surface area contributed by atoms with Gasteiger partial charge in [-0.05, 0) is 135 Å². The van der Waals surface area contributed by atoms with Gasteiger partial charge in [-0.3, -0.25) is 4.79 Å². The third kappa shape index (κ3) is 10.6. The van der Waals surface area contributed by atoms with Gasteiger partial charge in [0.2, 0.25) is 0 Å². The number of hydrogen-bond donors (Lipinski definition) is 0. The van der Waals surface area contributed by atoms with Gasteiger partial charge >= 0.3 is 18.3 Å². The zero-order valence-corrected chi connectivity index (χ0v) is 28.3. The minimum absolute atomic E-state index is 0.235. The number of likely N-dealkylation sites (tertiary alicyclic amines) is 1. The number of carbonyl (C=O) groups excluding carboxylic acids is 1. The molecule has 3 aromatic carbocycles. The predicted octanol–water partition coefficient (Wildman–Crippen LogP) is 10.9. The minimum Gasteiger partial charge on any atom is -0.466 e. The molecule has 0 spiro atoms. The number of benzene rings is 3. The first-order valence-electron chi connectivity index (χ1n) is 17.0. The maximum Gasteiger partial charge on any atom is 0.416 e. The van der Waals surface area contributed by atoms with Crippen LogP contribution in [0.4, 0.5) is 26.3 Å². The second-order valence-electron chi connectivity index (χ2n) is 13.7. The van der Waals surface area contributed by atoms with Crippen LogP contribution in [0.25, 0.3) is 11.1 Å². The maximum absolute atomic E-state index is 13.3. The van der Waals surface area contributed by atoms with Crippen LogP contribution in [0, 0.1) is 11.8 Å². The Morgan fingerprint density at radius 2 is 1.42 bits per heavy atom. The molecule has 3 aromatic rings. The standard InChI is InChI=1S/C39H47F6NO2/c1-5-48-37(47)36(21-26(2)3)33-24-31(29-10-14-35(15-11-29)39(43,44)45)23-32(25-33)30-16-19-46(20-17-30)18-6-7-27(4)22-28-8-12-34(13-9-28)38(40,41)42/h8-15,23-27,30,36H,5-7,16-22H2,1-4H3. The fraction of sp³-hybridized carbons (Fsp3) is 0.513. The van der Waals surface area contributed by atoms with Crippen LogP contribution >= 0.6 is 0 Å². The molecule has 0 aliphatic carbocycles. The smallest absolute Gasteiger partial charge is 0.416 e. The Labute approximate surface area is 280 Å². The summed E-state index contributed by atoms with van der Waals surface area (Å²) in [6, 6.07) is 16.7. The van der Waals surface area contributed by atoms with Gasteiger partial charge in [0.05, 0.1) is 23.7 Å². The van der Waals surface area contributed by atoms with Crippen LogP contribution in [-0.2, 0) is 28.3 Å². The van der Waals surface area contributed by atoms with Crippen molar-refractivity contribution in [2.45, 2.75) is 90.4 Å². The van der Waals surface area contributed by atoms with Crippen molar-refractivity contribution in [1.29, 1.82) is 0 Å². The van der Waals surface area contributed by atoms with Crippen molar-refractivity contribution in [3.8, 4) is 11.1 Å². The van der Waals surface area contributed by atoms with Gasteiger partial charge in [0.15, 0.2) is 0 Å². The average molecular weight is 676 g/mol. The van der Waals surface area contributed by atoms with Crippen LogP contribution in [-0.4, -0.2) is 37.1 Å². The van der Waals surface area contributed by atoms with Gasteiger partial charge in [0.1, 0.15) is 0 Å². The highest BCUT2D eigenvalue weighted by Crippen LogP contribution is 2.38. The molecule has 1 aliphatic heterocycles. The SMILES string of the molecule is CCOC(=O)C(CC(C)C)c1cc(-c2ccc(C(F)(F)F)cc2)cc(C2CCN(CCCC(C)Cc3ccc(C(F)(F)F)cc3)CC2)c1. The largest absolute Gasteiger partial charge is 0.466 e. The molecule has 1 heterocycles. The van der Waals surface area contributed by atoms with Gasteiger partial charge in [0.25, 0.3) is 0 Å². The van der Waals surface area contributed by atoms with Gasteiger partial charge < -0.3 is 9.64 Å². The Hall–Kier alpha value is -3.33. The number of ether oxygens (including phenoxy) is 1. The van der Waals surface area contributed by atoms with E-state index < -0.39 is 29.4 Å². The normalized spacial score (nSPS) is 16.2. The lowest BCUT2D eigenvalue weighted by Crippen LogP contribution is -2.34. The average Bonchev–Trinajstić information content (AvgIpc) is 3.03. The maximum atomic E-state index is 13.3. The number of alkyl halides is 6. The van der Waals surface area contributed by atoms with Crippen molar-refractivity contribution in [2.24, 2.45) is 11.8 Å². The Morgan fingerprint density at radius 3 is 1.96 bits per heavy atom. The third-order valence-electron chi connectivity index (χ3n) is 9.30. The number of carbonyl (C=O) groups is 1. The Bertz CT molecular complexity index is 1460. The molecule has 262 valence electrons. The predicted molar refractivity (Wildman–Crippen MR) is 178 cm³/mol. The Kier molecular flexibility index (Phi) is 12.8. The first-order valence-corrected chi connectivity index (χ1v) is 17.0. The summed E-state index contributed by atoms with van der Waals surface area (Å²) in [5, 5.41) is 0. The summed E-state index contributed by atoms with van der Waals surface area (Å²) in [6.45, 7) is 11.0. The molecule has 3 nitrogen and oxygen atoms in total. The zero-order valence-electron chi connectivity index (χ0n) is 28.3. The van der Waals surface area contributed by atoms with Gasteiger partial charge in [-0.1, -0.05) is 63.2 Å². The molecule has 4 rings (SSSR count). The quantitative estimate of drug-likeness (QED) is 0.133. The molecule has 48 heavy (non-hydrogen) atoms. The Balaban J connectivity index is 1.43. The number of nitrogens with zero attached hydrogens (tertiary/aromatic N) is 1. The molecule has 0 aromatic heterocycles. The number of rotatable bonds is 13. The van der Waals surface area contributed by atoms with E-state index >= 15 is 0 Å². The third-order valence-corrected chi connectivity index (χ3v) is 9.30. The second-order valence-corrected chi connectivity index (χ2v) is 13.7. The van der Waals surface area contributed by atoms with Crippen LogP contribution in [0.15, 0.2) is 66.7 Å². The molecule has 1 fully saturated rings. The van der Waals surface area contributed by atoms with E-state index in [1.165, 1.54) is 12.1 Å². The first-order chi connectivity index (χ1) is 22.6. The molecule has 0 saturated carbocycles. The van der Waals surface area contributed by atoms with Crippen molar-refractivity contribution >= 4 is 5.97 Å². The van der Waals surface area contributed by atoms with E-state index in [-0.39, 0.29) is 24.4 Å². The molecule has 0 bridgehead atoms. The van der Waals surface area contributed by atoms with Crippen molar-refractivity contribution in [2.75, 3.05) is 26.2 Å². The fourth-order valence-electron chi connectivity index (χ4n) is 6.70. The molecule has 2 unspecified atom stereocenters. The lowest BCUT2D eigenvalue weighted by atomic mass is 9.82. The molecule has 1 saturated heterocycles. The highest BCUT2D eigenvalue weighted by atomic mass is 19.4. The van der Waals surface area contributed by atoms with Crippen LogP contribution in [0.3, 0.4) is 0 Å². The van der Waals surface area contributed by atoms with E-state index in [4.69, 9.17) is 4.74 Å². The highest BCUT2D eigenvalue weighted by Gasteiger charge is 2.31. The number of piperidine rings is 1. The molecular weight excluding hydrogens is 628 g/mol. The van der Waals surface area contributed by atoms with Crippen molar-refractivity contribution in [3.63, 3.8) is 0 Å². The van der Waals surface area contributed by atoms with Crippen molar-refractivity contribution < 1.29 is 35.9 Å². The molecule has 9 heteroatoms. The van der Waals surface area contributed by atoms with Gasteiger partial charge in [-0.15, -0.1) is 0 Å². The van der Waals surface area contributed by atoms with E-state index in [0.29, 0.717) is 17.9 Å².